The quantitative estimate of drug-likeness (QED) is 0.177. The number of benzene rings is 2. The van der Waals surface area contributed by atoms with Gasteiger partial charge < -0.3 is 14.2 Å². The van der Waals surface area contributed by atoms with E-state index in [0.29, 0.717) is 6.10 Å². The van der Waals surface area contributed by atoms with Crippen LogP contribution in [0.25, 0.3) is 11.1 Å². The molecule has 2 aromatic carbocycles. The van der Waals surface area contributed by atoms with Gasteiger partial charge in [0.25, 0.3) is 0 Å². The smallest absolute Gasteiger partial charge is 0.157 e. The third kappa shape index (κ3) is 12.5. The molecule has 206 valence electrons. The summed E-state index contributed by atoms with van der Waals surface area (Å²) in [6.07, 6.45) is 20.4. The van der Waals surface area contributed by atoms with E-state index in [4.69, 9.17) is 14.2 Å². The Labute approximate surface area is 227 Å². The van der Waals surface area contributed by atoms with Gasteiger partial charge in [-0.1, -0.05) is 101 Å². The number of ether oxygens (including phenoxy) is 3. The molecule has 0 radical (unpaired) electrons. The Morgan fingerprint density at radius 3 is 2.08 bits per heavy atom. The first-order valence-corrected chi connectivity index (χ1v) is 15.3. The Kier molecular flexibility index (Phi) is 14.8. The third-order valence-electron chi connectivity index (χ3n) is 7.51. The highest BCUT2D eigenvalue weighted by Gasteiger charge is 2.16. The summed E-state index contributed by atoms with van der Waals surface area (Å²) >= 11 is 0. The van der Waals surface area contributed by atoms with E-state index < -0.39 is 0 Å². The monoisotopic (exact) mass is 508 g/mol. The van der Waals surface area contributed by atoms with Crippen molar-refractivity contribution in [1.29, 1.82) is 0 Å². The SMILES string of the molecule is CCCCCCCCCCOc1ccc(-c2ccc(CCCCCC(C)OC3CCCCO3)cc2)cc1. The van der Waals surface area contributed by atoms with E-state index in [1.54, 1.807) is 0 Å². The second-order valence-electron chi connectivity index (χ2n) is 10.9. The van der Waals surface area contributed by atoms with E-state index >= 15 is 0 Å². The average molecular weight is 509 g/mol. The molecule has 0 spiro atoms. The predicted molar refractivity (Wildman–Crippen MR) is 156 cm³/mol. The van der Waals surface area contributed by atoms with Gasteiger partial charge in [-0.25, -0.2) is 0 Å². The summed E-state index contributed by atoms with van der Waals surface area (Å²) in [7, 11) is 0. The first-order chi connectivity index (χ1) is 18.2. The van der Waals surface area contributed by atoms with Gasteiger partial charge >= 0.3 is 0 Å². The van der Waals surface area contributed by atoms with Crippen LogP contribution in [0, 0.1) is 0 Å². The molecule has 0 bridgehead atoms. The first kappa shape index (κ1) is 29.7. The van der Waals surface area contributed by atoms with Crippen LogP contribution in [0.15, 0.2) is 48.5 Å². The molecule has 3 heteroatoms. The maximum absolute atomic E-state index is 6.04. The molecule has 1 aliphatic heterocycles. The minimum absolute atomic E-state index is 0.0331. The average Bonchev–Trinajstić information content (AvgIpc) is 2.93. The summed E-state index contributed by atoms with van der Waals surface area (Å²) in [6.45, 7) is 6.14. The Bertz CT molecular complexity index is 808. The largest absolute Gasteiger partial charge is 0.494 e. The zero-order chi connectivity index (χ0) is 26.0. The molecule has 2 atom stereocenters. The number of aryl methyl sites for hydroxylation is 1. The van der Waals surface area contributed by atoms with Crippen LogP contribution >= 0.6 is 0 Å². The van der Waals surface area contributed by atoms with Crippen molar-refractivity contribution in [1.82, 2.24) is 0 Å². The van der Waals surface area contributed by atoms with Crippen LogP contribution < -0.4 is 4.74 Å². The van der Waals surface area contributed by atoms with Gasteiger partial charge in [-0.05, 0) is 80.7 Å². The first-order valence-electron chi connectivity index (χ1n) is 15.3. The highest BCUT2D eigenvalue weighted by atomic mass is 16.7. The molecule has 0 amide bonds. The lowest BCUT2D eigenvalue weighted by Gasteiger charge is -2.26. The van der Waals surface area contributed by atoms with Crippen LogP contribution in [0.3, 0.4) is 0 Å². The highest BCUT2D eigenvalue weighted by Crippen LogP contribution is 2.24. The van der Waals surface area contributed by atoms with Crippen LogP contribution in [0.5, 0.6) is 5.75 Å². The lowest BCUT2D eigenvalue weighted by molar-refractivity contribution is -0.185. The van der Waals surface area contributed by atoms with Gasteiger partial charge in [0.15, 0.2) is 6.29 Å². The Morgan fingerprint density at radius 1 is 0.757 bits per heavy atom. The molecule has 2 aromatic rings. The number of rotatable bonds is 19. The molecule has 0 aromatic heterocycles. The van der Waals surface area contributed by atoms with Gasteiger partial charge in [-0.2, -0.15) is 0 Å². The van der Waals surface area contributed by atoms with Crippen molar-refractivity contribution in [2.45, 2.75) is 129 Å². The summed E-state index contributed by atoms with van der Waals surface area (Å²) in [5, 5.41) is 0. The lowest BCUT2D eigenvalue weighted by Crippen LogP contribution is -2.26. The molecule has 3 rings (SSSR count). The maximum atomic E-state index is 6.04. The van der Waals surface area contributed by atoms with Crippen LogP contribution in [-0.4, -0.2) is 25.6 Å². The van der Waals surface area contributed by atoms with Gasteiger partial charge in [0.05, 0.1) is 12.7 Å². The predicted octanol–water partition coefficient (Wildman–Crippen LogP) is 9.91. The fourth-order valence-electron chi connectivity index (χ4n) is 5.12. The molecule has 0 aliphatic carbocycles. The van der Waals surface area contributed by atoms with Crippen molar-refractivity contribution in [3.8, 4) is 16.9 Å². The van der Waals surface area contributed by atoms with Crippen LogP contribution in [-0.2, 0) is 15.9 Å². The molecule has 1 heterocycles. The lowest BCUT2D eigenvalue weighted by atomic mass is 10.0. The van der Waals surface area contributed by atoms with E-state index in [-0.39, 0.29) is 6.29 Å². The van der Waals surface area contributed by atoms with E-state index in [1.807, 2.05) is 0 Å². The summed E-state index contributed by atoms with van der Waals surface area (Å²) in [5.74, 6) is 0.981. The number of hydrogen-bond acceptors (Lipinski definition) is 3. The van der Waals surface area contributed by atoms with Crippen LogP contribution in [0.4, 0.5) is 0 Å². The van der Waals surface area contributed by atoms with Crippen molar-refractivity contribution < 1.29 is 14.2 Å². The molecule has 1 fully saturated rings. The zero-order valence-electron chi connectivity index (χ0n) is 23.7. The highest BCUT2D eigenvalue weighted by molar-refractivity contribution is 5.64. The summed E-state index contributed by atoms with van der Waals surface area (Å²) < 4.78 is 17.7. The van der Waals surface area contributed by atoms with Crippen molar-refractivity contribution >= 4 is 0 Å². The Hall–Kier alpha value is -1.84. The summed E-state index contributed by atoms with van der Waals surface area (Å²) in [6, 6.07) is 17.7. The Morgan fingerprint density at radius 2 is 1.41 bits per heavy atom. The van der Waals surface area contributed by atoms with Crippen LogP contribution in [0.2, 0.25) is 0 Å². The number of hydrogen-bond donors (Lipinski definition) is 0. The molecule has 1 aliphatic rings. The van der Waals surface area contributed by atoms with Crippen molar-refractivity contribution in [3.63, 3.8) is 0 Å². The van der Waals surface area contributed by atoms with Crippen molar-refractivity contribution in [2.24, 2.45) is 0 Å². The molecule has 3 nitrogen and oxygen atoms in total. The van der Waals surface area contributed by atoms with E-state index in [2.05, 4.69) is 62.4 Å². The van der Waals surface area contributed by atoms with E-state index in [9.17, 15) is 0 Å². The molecule has 37 heavy (non-hydrogen) atoms. The zero-order valence-corrected chi connectivity index (χ0v) is 23.7. The molecular formula is C34H52O3. The normalized spacial score (nSPS) is 16.5. The summed E-state index contributed by atoms with van der Waals surface area (Å²) in [5.41, 5.74) is 3.95. The molecule has 2 unspecified atom stereocenters. The van der Waals surface area contributed by atoms with Gasteiger partial charge in [0, 0.05) is 6.61 Å². The van der Waals surface area contributed by atoms with Gasteiger partial charge in [-0.15, -0.1) is 0 Å². The van der Waals surface area contributed by atoms with Crippen LogP contribution in [0.1, 0.15) is 116 Å². The number of unbranched alkanes of at least 4 members (excludes halogenated alkanes) is 9. The second kappa shape index (κ2) is 18.4. The van der Waals surface area contributed by atoms with Crippen molar-refractivity contribution in [2.75, 3.05) is 13.2 Å². The molecule has 0 N–H and O–H groups in total. The standard InChI is InChI=1S/C34H52O3/c1-3-4-5-6-7-8-9-14-27-35-33-25-23-32(24-26-33)31-21-19-30(20-22-31)17-12-10-11-16-29(2)37-34-18-13-15-28-36-34/h19-26,29,34H,3-18,27-28H2,1-2H3. The molecule has 1 saturated heterocycles. The minimum atomic E-state index is 0.0331. The van der Waals surface area contributed by atoms with Gasteiger partial charge in [0.1, 0.15) is 5.75 Å². The van der Waals surface area contributed by atoms with Gasteiger partial charge in [0.2, 0.25) is 0 Å². The van der Waals surface area contributed by atoms with Gasteiger partial charge in [-0.3, -0.25) is 0 Å². The molecule has 0 saturated carbocycles. The van der Waals surface area contributed by atoms with E-state index in [0.717, 1.165) is 44.6 Å². The molecular weight excluding hydrogens is 456 g/mol. The Balaban J connectivity index is 1.25. The second-order valence-corrected chi connectivity index (χ2v) is 10.9. The fourth-order valence-corrected chi connectivity index (χ4v) is 5.12. The van der Waals surface area contributed by atoms with E-state index in [1.165, 1.54) is 93.7 Å². The minimum Gasteiger partial charge on any atom is -0.494 e. The topological polar surface area (TPSA) is 27.7 Å². The van der Waals surface area contributed by atoms with Crippen molar-refractivity contribution in [3.05, 3.63) is 54.1 Å². The maximum Gasteiger partial charge on any atom is 0.157 e. The fraction of sp³-hybridized carbons (Fsp3) is 0.647. The summed E-state index contributed by atoms with van der Waals surface area (Å²) in [4.78, 5) is 0. The third-order valence-corrected chi connectivity index (χ3v) is 7.51.